The van der Waals surface area contributed by atoms with Crippen LogP contribution in [-0.4, -0.2) is 20.9 Å². The number of phenols is 1. The van der Waals surface area contributed by atoms with Gasteiger partial charge in [0.1, 0.15) is 11.4 Å². The molecule has 0 saturated carbocycles. The van der Waals surface area contributed by atoms with Crippen LogP contribution in [0.4, 0.5) is 11.6 Å². The second kappa shape index (κ2) is 9.66. The molecule has 0 fully saturated rings. The highest BCUT2D eigenvalue weighted by Crippen LogP contribution is 2.41. The predicted molar refractivity (Wildman–Crippen MR) is 127 cm³/mol. The quantitative estimate of drug-likeness (QED) is 0.228. The minimum Gasteiger partial charge on any atom is -0.507 e. The van der Waals surface area contributed by atoms with Crippen molar-refractivity contribution in [3.8, 4) is 39.6 Å². The van der Waals surface area contributed by atoms with E-state index in [-0.39, 0.29) is 29.1 Å². The number of nitro groups is 1. The van der Waals surface area contributed by atoms with Crippen LogP contribution in [0.5, 0.6) is 5.75 Å². The van der Waals surface area contributed by atoms with Crippen molar-refractivity contribution in [1.29, 1.82) is 0 Å². The van der Waals surface area contributed by atoms with Gasteiger partial charge in [0.25, 0.3) is 5.69 Å². The molecule has 168 valence electrons. The number of amides is 1. The maximum absolute atomic E-state index is 12.4. The van der Waals surface area contributed by atoms with E-state index in [2.05, 4.69) is 10.3 Å². The summed E-state index contributed by atoms with van der Waals surface area (Å²) >= 11 is 1.50. The van der Waals surface area contributed by atoms with Crippen molar-refractivity contribution in [2.45, 2.75) is 26.2 Å². The molecule has 0 radical (unpaired) electrons. The van der Waals surface area contributed by atoms with E-state index in [1.807, 2.05) is 23.8 Å². The number of thiophene rings is 1. The number of phenolic OH excluding ortho intramolecular Hbond substituents is 1. The van der Waals surface area contributed by atoms with Crippen molar-refractivity contribution in [3.05, 3.63) is 69.4 Å². The molecule has 0 spiro atoms. The molecular formula is C24H21N3O5S. The number of benzene rings is 2. The van der Waals surface area contributed by atoms with Crippen molar-refractivity contribution in [2.24, 2.45) is 0 Å². The third kappa shape index (κ3) is 4.78. The number of oxazole rings is 1. The van der Waals surface area contributed by atoms with Gasteiger partial charge in [0.05, 0.1) is 11.0 Å². The van der Waals surface area contributed by atoms with Gasteiger partial charge in [0, 0.05) is 34.6 Å². The van der Waals surface area contributed by atoms with E-state index in [1.54, 1.807) is 24.3 Å². The fourth-order valence-electron chi connectivity index (χ4n) is 3.41. The summed E-state index contributed by atoms with van der Waals surface area (Å²) in [6.45, 7) is 2.02. The number of aromatic hydroxyl groups is 1. The number of non-ortho nitro benzene ring substituents is 1. The monoisotopic (exact) mass is 463 g/mol. The average Bonchev–Trinajstić information content (AvgIpc) is 3.47. The number of carbonyl (C=O) groups is 1. The standard InChI is InChI=1S/C24H21N3O5S/c1-2-3-8-21(29)25-24-22(15-11-12-33-14-15)26-23(32-24)19-7-5-4-6-17(19)18-10-9-16(27(30)31)13-20(18)28/h4-7,9-14,28H,2-3,8H2,1H3,(H,25,29). The van der Waals surface area contributed by atoms with Gasteiger partial charge in [-0.2, -0.15) is 11.3 Å². The minimum atomic E-state index is -0.565. The number of hydrogen-bond acceptors (Lipinski definition) is 7. The van der Waals surface area contributed by atoms with E-state index in [9.17, 15) is 20.0 Å². The number of rotatable bonds is 8. The molecule has 9 heteroatoms. The first kappa shape index (κ1) is 22.2. The lowest BCUT2D eigenvalue weighted by Crippen LogP contribution is -2.10. The summed E-state index contributed by atoms with van der Waals surface area (Å²) in [4.78, 5) is 27.5. The lowest BCUT2D eigenvalue weighted by molar-refractivity contribution is -0.384. The molecule has 0 atom stereocenters. The summed E-state index contributed by atoms with van der Waals surface area (Å²) < 4.78 is 6.01. The second-order valence-corrected chi connectivity index (χ2v) is 8.14. The van der Waals surface area contributed by atoms with Crippen molar-refractivity contribution >= 4 is 28.8 Å². The van der Waals surface area contributed by atoms with Gasteiger partial charge in [-0.25, -0.2) is 4.98 Å². The predicted octanol–water partition coefficient (Wildman–Crippen LogP) is 6.48. The molecule has 2 aromatic carbocycles. The Kier molecular flexibility index (Phi) is 6.50. The molecule has 0 aliphatic rings. The molecule has 0 bridgehead atoms. The molecule has 4 aromatic rings. The Morgan fingerprint density at radius 3 is 2.64 bits per heavy atom. The van der Waals surface area contributed by atoms with Gasteiger partial charge in [0.15, 0.2) is 0 Å². The highest BCUT2D eigenvalue weighted by atomic mass is 32.1. The topological polar surface area (TPSA) is 118 Å². The first-order valence-electron chi connectivity index (χ1n) is 10.4. The molecule has 2 heterocycles. The zero-order chi connectivity index (χ0) is 23.4. The van der Waals surface area contributed by atoms with E-state index in [1.165, 1.54) is 23.5 Å². The summed E-state index contributed by atoms with van der Waals surface area (Å²) in [6.07, 6.45) is 2.05. The van der Waals surface area contributed by atoms with Crippen LogP contribution in [0, 0.1) is 10.1 Å². The number of carbonyl (C=O) groups excluding carboxylic acids is 1. The molecule has 2 aromatic heterocycles. The number of anilines is 1. The van der Waals surface area contributed by atoms with Gasteiger partial charge in [-0.15, -0.1) is 0 Å². The van der Waals surface area contributed by atoms with Gasteiger partial charge in [-0.05, 0) is 35.6 Å². The highest BCUT2D eigenvalue weighted by Gasteiger charge is 2.22. The smallest absolute Gasteiger partial charge is 0.273 e. The fraction of sp³-hybridized carbons (Fsp3) is 0.167. The Balaban J connectivity index is 1.78. The number of nitro benzene ring substituents is 1. The van der Waals surface area contributed by atoms with E-state index in [0.29, 0.717) is 28.8 Å². The molecule has 0 unspecified atom stereocenters. The van der Waals surface area contributed by atoms with Crippen molar-refractivity contribution in [3.63, 3.8) is 0 Å². The van der Waals surface area contributed by atoms with Crippen molar-refractivity contribution in [1.82, 2.24) is 4.98 Å². The zero-order valence-electron chi connectivity index (χ0n) is 17.8. The molecule has 0 saturated heterocycles. The molecule has 0 aliphatic heterocycles. The van der Waals surface area contributed by atoms with Gasteiger partial charge < -0.3 is 9.52 Å². The Bertz CT molecular complexity index is 1300. The van der Waals surface area contributed by atoms with Gasteiger partial charge in [0.2, 0.25) is 17.7 Å². The largest absolute Gasteiger partial charge is 0.507 e. The second-order valence-electron chi connectivity index (χ2n) is 7.36. The van der Waals surface area contributed by atoms with Gasteiger partial charge >= 0.3 is 0 Å². The summed E-state index contributed by atoms with van der Waals surface area (Å²) in [5.74, 6) is 0.134. The lowest BCUT2D eigenvalue weighted by Gasteiger charge is -2.09. The Hall–Kier alpha value is -3.98. The Morgan fingerprint density at radius 1 is 1.18 bits per heavy atom. The SMILES string of the molecule is CCCCC(=O)Nc1oc(-c2ccccc2-c2ccc([N+](=O)[O-])cc2O)nc1-c1ccsc1. The van der Waals surface area contributed by atoms with Crippen LogP contribution in [0.25, 0.3) is 33.8 Å². The molecule has 2 N–H and O–H groups in total. The minimum absolute atomic E-state index is 0.155. The summed E-state index contributed by atoms with van der Waals surface area (Å²) in [5.41, 5.74) is 2.69. The molecular weight excluding hydrogens is 442 g/mol. The van der Waals surface area contributed by atoms with Crippen LogP contribution >= 0.6 is 11.3 Å². The van der Waals surface area contributed by atoms with Crippen LogP contribution in [0.3, 0.4) is 0 Å². The van der Waals surface area contributed by atoms with Crippen LogP contribution in [0.15, 0.2) is 63.7 Å². The van der Waals surface area contributed by atoms with Crippen molar-refractivity contribution in [2.75, 3.05) is 5.32 Å². The Labute approximate surface area is 193 Å². The molecule has 0 aliphatic carbocycles. The van der Waals surface area contributed by atoms with Crippen LogP contribution in [0.1, 0.15) is 26.2 Å². The number of hydrogen-bond donors (Lipinski definition) is 2. The third-order valence-corrected chi connectivity index (χ3v) is 5.76. The normalized spacial score (nSPS) is 10.8. The van der Waals surface area contributed by atoms with Gasteiger partial charge in [-0.1, -0.05) is 31.5 Å². The average molecular weight is 464 g/mol. The Morgan fingerprint density at radius 2 is 1.97 bits per heavy atom. The summed E-state index contributed by atoms with van der Waals surface area (Å²) in [5, 5.41) is 28.1. The van der Waals surface area contributed by atoms with Crippen LogP contribution in [0.2, 0.25) is 0 Å². The maximum atomic E-state index is 12.4. The molecule has 8 nitrogen and oxygen atoms in total. The highest BCUT2D eigenvalue weighted by molar-refractivity contribution is 7.08. The number of nitrogens with zero attached hydrogens (tertiary/aromatic N) is 2. The zero-order valence-corrected chi connectivity index (χ0v) is 18.6. The fourth-order valence-corrected chi connectivity index (χ4v) is 4.05. The van der Waals surface area contributed by atoms with E-state index < -0.39 is 4.92 Å². The third-order valence-electron chi connectivity index (χ3n) is 5.07. The molecule has 4 rings (SSSR count). The van der Waals surface area contributed by atoms with Crippen LogP contribution < -0.4 is 5.32 Å². The summed E-state index contributed by atoms with van der Waals surface area (Å²) in [7, 11) is 0. The maximum Gasteiger partial charge on any atom is 0.273 e. The van der Waals surface area contributed by atoms with E-state index in [0.717, 1.165) is 24.5 Å². The van der Waals surface area contributed by atoms with Crippen LogP contribution in [-0.2, 0) is 4.79 Å². The van der Waals surface area contributed by atoms with Gasteiger partial charge in [-0.3, -0.25) is 20.2 Å². The first-order chi connectivity index (χ1) is 16.0. The molecule has 33 heavy (non-hydrogen) atoms. The number of unbranched alkanes of at least 4 members (excludes halogenated alkanes) is 1. The van der Waals surface area contributed by atoms with E-state index in [4.69, 9.17) is 4.42 Å². The summed E-state index contributed by atoms with van der Waals surface area (Å²) in [6, 6.07) is 13.0. The molecule has 1 amide bonds. The van der Waals surface area contributed by atoms with Crippen molar-refractivity contribution < 1.29 is 19.2 Å². The number of nitrogens with one attached hydrogen (secondary N) is 1. The first-order valence-corrected chi connectivity index (χ1v) is 11.3. The number of aromatic nitrogens is 1. The lowest BCUT2D eigenvalue weighted by atomic mass is 9.98. The van der Waals surface area contributed by atoms with E-state index >= 15 is 0 Å².